The molecule has 0 atom stereocenters. The van der Waals surface area contributed by atoms with Crippen molar-refractivity contribution in [2.45, 2.75) is 38.9 Å². The molecule has 0 fully saturated rings. The van der Waals surface area contributed by atoms with Crippen molar-refractivity contribution in [2.75, 3.05) is 0 Å². The maximum Gasteiger partial charge on any atom is 0.151 e. The maximum absolute atomic E-state index is 4.59. The molecule has 0 saturated heterocycles. The second-order valence-electron chi connectivity index (χ2n) is 4.33. The van der Waals surface area contributed by atoms with Gasteiger partial charge in [-0.05, 0) is 18.6 Å². The molecule has 0 N–H and O–H groups in total. The molecule has 0 amide bonds. The molecule has 0 spiro atoms. The molecular weight excluding hydrogens is 290 g/mol. The zero-order chi connectivity index (χ0) is 13.1. The Bertz CT molecular complexity index is 546. The van der Waals surface area contributed by atoms with E-state index in [0.29, 0.717) is 0 Å². The average molecular weight is 308 g/mol. The van der Waals surface area contributed by atoms with Crippen LogP contribution >= 0.6 is 15.9 Å². The highest BCUT2D eigenvalue weighted by molar-refractivity contribution is 9.08. The van der Waals surface area contributed by atoms with Crippen molar-refractivity contribution in [2.24, 2.45) is 0 Å². The summed E-state index contributed by atoms with van der Waals surface area (Å²) >= 11 is 3.55. The summed E-state index contributed by atoms with van der Waals surface area (Å²) in [5, 5.41) is 5.42. The van der Waals surface area contributed by atoms with Gasteiger partial charge in [-0.1, -0.05) is 47.5 Å². The quantitative estimate of drug-likeness (QED) is 0.808. The highest BCUT2D eigenvalue weighted by Crippen LogP contribution is 2.20. The van der Waals surface area contributed by atoms with Gasteiger partial charge in [0.25, 0.3) is 0 Å². The van der Waals surface area contributed by atoms with E-state index in [1.165, 1.54) is 11.1 Å². The first-order valence-corrected chi connectivity index (χ1v) is 7.42. The van der Waals surface area contributed by atoms with E-state index in [0.717, 1.165) is 35.5 Å². The van der Waals surface area contributed by atoms with Crippen LogP contribution in [0.25, 0.3) is 5.69 Å². The van der Waals surface area contributed by atoms with E-state index in [2.05, 4.69) is 65.0 Å². The van der Waals surface area contributed by atoms with Gasteiger partial charge in [-0.25, -0.2) is 9.67 Å². The van der Waals surface area contributed by atoms with Crippen molar-refractivity contribution in [3.8, 4) is 5.69 Å². The summed E-state index contributed by atoms with van der Waals surface area (Å²) in [5.74, 6) is 1.94. The fourth-order valence-electron chi connectivity index (χ4n) is 1.99. The second-order valence-corrected chi connectivity index (χ2v) is 4.89. The van der Waals surface area contributed by atoms with Crippen LogP contribution in [0.5, 0.6) is 0 Å². The van der Waals surface area contributed by atoms with E-state index in [9.17, 15) is 0 Å². The fourth-order valence-corrected chi connectivity index (χ4v) is 2.44. The first-order chi connectivity index (χ1) is 8.69. The van der Waals surface area contributed by atoms with E-state index in [-0.39, 0.29) is 0 Å². The standard InChI is InChI=1S/C14H18BrN3/c1-4-13-16-14(5-2)18(17-13)12-7-6-10(3)8-11(12)9-15/h6-8H,4-5,9H2,1-3H3. The molecule has 0 saturated carbocycles. The first kappa shape index (κ1) is 13.3. The van der Waals surface area contributed by atoms with Crippen molar-refractivity contribution in [1.29, 1.82) is 0 Å². The number of alkyl halides is 1. The average Bonchev–Trinajstić information content (AvgIpc) is 2.81. The Kier molecular flexibility index (Phi) is 4.17. The molecule has 0 unspecified atom stereocenters. The van der Waals surface area contributed by atoms with Gasteiger partial charge in [0, 0.05) is 18.2 Å². The SMILES string of the molecule is CCc1nc(CC)n(-c2ccc(C)cc2CBr)n1. The van der Waals surface area contributed by atoms with Gasteiger partial charge in [0.15, 0.2) is 5.82 Å². The topological polar surface area (TPSA) is 30.7 Å². The van der Waals surface area contributed by atoms with E-state index in [1.54, 1.807) is 0 Å². The van der Waals surface area contributed by atoms with E-state index in [4.69, 9.17) is 0 Å². The predicted molar refractivity (Wildman–Crippen MR) is 77.5 cm³/mol. The summed E-state index contributed by atoms with van der Waals surface area (Å²) in [6.45, 7) is 6.30. The van der Waals surface area contributed by atoms with Crippen LogP contribution in [0.4, 0.5) is 0 Å². The van der Waals surface area contributed by atoms with Crippen LogP contribution in [-0.4, -0.2) is 14.8 Å². The zero-order valence-corrected chi connectivity index (χ0v) is 12.7. The Morgan fingerprint density at radius 2 is 2.00 bits per heavy atom. The third kappa shape index (κ3) is 2.48. The van der Waals surface area contributed by atoms with Crippen molar-refractivity contribution in [1.82, 2.24) is 14.8 Å². The van der Waals surface area contributed by atoms with Gasteiger partial charge in [0.2, 0.25) is 0 Å². The third-order valence-electron chi connectivity index (χ3n) is 2.96. The Labute approximate surface area is 116 Å². The molecule has 0 bridgehead atoms. The predicted octanol–water partition coefficient (Wildman–Crippen LogP) is 3.60. The number of hydrogen-bond donors (Lipinski definition) is 0. The largest absolute Gasteiger partial charge is 0.217 e. The van der Waals surface area contributed by atoms with Gasteiger partial charge in [-0.3, -0.25) is 0 Å². The molecule has 0 aliphatic heterocycles. The van der Waals surface area contributed by atoms with Crippen LogP contribution in [0.1, 0.15) is 36.6 Å². The lowest BCUT2D eigenvalue weighted by Gasteiger charge is -2.10. The van der Waals surface area contributed by atoms with Gasteiger partial charge < -0.3 is 0 Å². The maximum atomic E-state index is 4.59. The molecule has 2 rings (SSSR count). The van der Waals surface area contributed by atoms with E-state index in [1.807, 2.05) is 4.68 Å². The zero-order valence-electron chi connectivity index (χ0n) is 11.1. The van der Waals surface area contributed by atoms with E-state index < -0.39 is 0 Å². The smallest absolute Gasteiger partial charge is 0.151 e. The lowest BCUT2D eigenvalue weighted by molar-refractivity contribution is 0.785. The van der Waals surface area contributed by atoms with Crippen molar-refractivity contribution < 1.29 is 0 Å². The van der Waals surface area contributed by atoms with Crippen LogP contribution < -0.4 is 0 Å². The summed E-state index contributed by atoms with van der Waals surface area (Å²) in [7, 11) is 0. The number of rotatable bonds is 4. The molecule has 0 aliphatic rings. The van der Waals surface area contributed by atoms with Crippen molar-refractivity contribution in [3.63, 3.8) is 0 Å². The molecule has 3 nitrogen and oxygen atoms in total. The lowest BCUT2D eigenvalue weighted by Crippen LogP contribution is -2.05. The Morgan fingerprint density at radius 3 is 2.61 bits per heavy atom. The molecule has 1 aromatic heterocycles. The molecule has 4 heteroatoms. The normalized spacial score (nSPS) is 10.9. The molecule has 1 heterocycles. The Hall–Kier alpha value is -1.16. The number of aromatic nitrogens is 3. The van der Waals surface area contributed by atoms with Gasteiger partial charge in [0.1, 0.15) is 5.82 Å². The Balaban J connectivity index is 2.56. The van der Waals surface area contributed by atoms with Crippen molar-refractivity contribution >= 4 is 15.9 Å². The van der Waals surface area contributed by atoms with Crippen LogP contribution in [0.3, 0.4) is 0 Å². The molecule has 0 radical (unpaired) electrons. The van der Waals surface area contributed by atoms with Crippen LogP contribution in [0.15, 0.2) is 18.2 Å². The molecule has 96 valence electrons. The molecule has 0 aliphatic carbocycles. The molecule has 1 aromatic carbocycles. The summed E-state index contributed by atoms with van der Waals surface area (Å²) < 4.78 is 1.98. The number of aryl methyl sites for hydroxylation is 3. The Morgan fingerprint density at radius 1 is 1.22 bits per heavy atom. The highest BCUT2D eigenvalue weighted by atomic mass is 79.9. The summed E-state index contributed by atoms with van der Waals surface area (Å²) in [5.41, 5.74) is 3.64. The fraction of sp³-hybridized carbons (Fsp3) is 0.429. The van der Waals surface area contributed by atoms with Gasteiger partial charge in [0.05, 0.1) is 5.69 Å². The monoisotopic (exact) mass is 307 g/mol. The van der Waals surface area contributed by atoms with Crippen LogP contribution in [-0.2, 0) is 18.2 Å². The summed E-state index contributed by atoms with van der Waals surface area (Å²) in [6, 6.07) is 6.43. The van der Waals surface area contributed by atoms with Gasteiger partial charge in [-0.2, -0.15) is 5.10 Å². The summed E-state index contributed by atoms with van der Waals surface area (Å²) in [4.78, 5) is 4.56. The summed E-state index contributed by atoms with van der Waals surface area (Å²) in [6.07, 6.45) is 1.76. The van der Waals surface area contributed by atoms with Gasteiger partial charge in [-0.15, -0.1) is 0 Å². The number of hydrogen-bond acceptors (Lipinski definition) is 2. The minimum Gasteiger partial charge on any atom is -0.217 e. The number of nitrogens with zero attached hydrogens (tertiary/aromatic N) is 3. The van der Waals surface area contributed by atoms with E-state index >= 15 is 0 Å². The number of halogens is 1. The van der Waals surface area contributed by atoms with Crippen molar-refractivity contribution in [3.05, 3.63) is 41.0 Å². The van der Waals surface area contributed by atoms with Crippen LogP contribution in [0, 0.1) is 6.92 Å². The first-order valence-electron chi connectivity index (χ1n) is 6.30. The highest BCUT2D eigenvalue weighted by Gasteiger charge is 2.12. The molecule has 2 aromatic rings. The second kappa shape index (κ2) is 5.65. The van der Waals surface area contributed by atoms with Gasteiger partial charge >= 0.3 is 0 Å². The molecule has 18 heavy (non-hydrogen) atoms. The minimum atomic E-state index is 0.828. The lowest BCUT2D eigenvalue weighted by atomic mass is 10.1. The third-order valence-corrected chi connectivity index (χ3v) is 3.56. The molecular formula is C14H18BrN3. The minimum absolute atomic E-state index is 0.828. The number of benzene rings is 1. The van der Waals surface area contributed by atoms with Crippen LogP contribution in [0.2, 0.25) is 0 Å².